The van der Waals surface area contributed by atoms with Gasteiger partial charge in [0.15, 0.2) is 0 Å². The molecule has 3 nitrogen and oxygen atoms in total. The first-order chi connectivity index (χ1) is 28.8. The second kappa shape index (κ2) is 13.2. The van der Waals surface area contributed by atoms with Gasteiger partial charge in [0.05, 0.1) is 16.4 Å². The van der Waals surface area contributed by atoms with Gasteiger partial charge in [0, 0.05) is 61.2 Å². The van der Waals surface area contributed by atoms with Crippen LogP contribution in [0.2, 0.25) is 0 Å². The van der Waals surface area contributed by atoms with Gasteiger partial charge in [-0.3, -0.25) is 0 Å². The highest BCUT2D eigenvalue weighted by atomic mass is 32.1. The third-order valence-corrected chi connectivity index (χ3v) is 13.2. The molecule has 274 valence electrons. The fourth-order valence-corrected chi connectivity index (χ4v) is 10.7. The van der Waals surface area contributed by atoms with Crippen molar-refractivity contribution in [1.82, 2.24) is 0 Å². The fourth-order valence-electron chi connectivity index (χ4n) is 9.46. The van der Waals surface area contributed by atoms with E-state index in [9.17, 15) is 0 Å². The van der Waals surface area contributed by atoms with Crippen molar-refractivity contribution in [2.45, 2.75) is 12.5 Å². The predicted octanol–water partition coefficient (Wildman–Crippen LogP) is 15.0. The number of hydrogen-bond donors (Lipinski definition) is 0. The van der Waals surface area contributed by atoms with E-state index in [0.717, 1.165) is 34.8 Å². The number of fused-ring (bicyclic) bond motifs is 9. The van der Waals surface area contributed by atoms with Gasteiger partial charge in [-0.1, -0.05) is 140 Å². The zero-order chi connectivity index (χ0) is 38.2. The molecule has 0 amide bonds. The minimum absolute atomic E-state index is 0.0534. The number of furan rings is 1. The minimum Gasteiger partial charge on any atom is -0.460 e. The van der Waals surface area contributed by atoms with E-state index in [1.54, 1.807) is 0 Å². The Balaban J connectivity index is 1.01. The molecule has 0 fully saturated rings. The van der Waals surface area contributed by atoms with Gasteiger partial charge < -0.3 is 14.2 Å². The standard InChI is InChI=1S/C54H36N2OS/c1-3-14-35(15-4-1)36-26-28-37(29-27-36)51-52-43-19-7-10-22-45(43)56(47(52)34-49-53(51)44-20-8-11-24-48(44)57-49)40-32-30-39(31-33-40)55(38-16-5-2-6-17-38)46-23-13-21-42-41-18-9-12-25-50(41)58-54(42)46/h1-33,47H,34H2. The summed E-state index contributed by atoms with van der Waals surface area (Å²) in [6.07, 6.45) is 0.769. The Labute approximate surface area is 341 Å². The molecule has 58 heavy (non-hydrogen) atoms. The fraction of sp³-hybridized carbons (Fsp3) is 0.0370. The highest BCUT2D eigenvalue weighted by molar-refractivity contribution is 7.26. The van der Waals surface area contributed by atoms with Gasteiger partial charge in [-0.25, -0.2) is 0 Å². The zero-order valence-electron chi connectivity index (χ0n) is 31.5. The number of rotatable bonds is 6. The number of nitrogens with zero attached hydrogens (tertiary/aromatic N) is 2. The van der Waals surface area contributed by atoms with Crippen molar-refractivity contribution < 1.29 is 4.42 Å². The van der Waals surface area contributed by atoms with Gasteiger partial charge in [0.25, 0.3) is 0 Å². The van der Waals surface area contributed by atoms with Gasteiger partial charge >= 0.3 is 0 Å². The maximum absolute atomic E-state index is 6.77. The van der Waals surface area contributed by atoms with E-state index >= 15 is 0 Å². The van der Waals surface area contributed by atoms with Crippen molar-refractivity contribution in [3.63, 3.8) is 0 Å². The van der Waals surface area contributed by atoms with Crippen LogP contribution in [0.1, 0.15) is 22.5 Å². The second-order valence-electron chi connectivity index (χ2n) is 15.2. The van der Waals surface area contributed by atoms with Crippen LogP contribution in [0.3, 0.4) is 0 Å². The smallest absolute Gasteiger partial charge is 0.134 e. The molecule has 0 bridgehead atoms. The van der Waals surface area contributed by atoms with Crippen LogP contribution in [-0.4, -0.2) is 6.04 Å². The van der Waals surface area contributed by atoms with Crippen LogP contribution >= 0.6 is 11.3 Å². The summed E-state index contributed by atoms with van der Waals surface area (Å²) in [5.41, 5.74) is 15.5. The molecule has 3 heterocycles. The zero-order valence-corrected chi connectivity index (χ0v) is 32.4. The van der Waals surface area contributed by atoms with E-state index < -0.39 is 0 Å². The Morgan fingerprint density at radius 1 is 0.517 bits per heavy atom. The van der Waals surface area contributed by atoms with E-state index in [0.29, 0.717) is 0 Å². The Kier molecular flexibility index (Phi) is 7.54. The highest BCUT2D eigenvalue weighted by Crippen LogP contribution is 2.55. The molecule has 12 rings (SSSR count). The molecule has 0 saturated carbocycles. The first kappa shape index (κ1) is 33.0. The molecule has 4 heteroatoms. The molecule has 1 aliphatic carbocycles. The molecule has 10 aromatic rings. The highest BCUT2D eigenvalue weighted by Gasteiger charge is 2.42. The average Bonchev–Trinajstić information content (AvgIpc) is 3.97. The van der Waals surface area contributed by atoms with E-state index in [1.807, 2.05) is 11.3 Å². The number of thiophene rings is 1. The Bertz CT molecular complexity index is 3200. The maximum Gasteiger partial charge on any atom is 0.134 e. The van der Waals surface area contributed by atoms with Gasteiger partial charge in [-0.2, -0.15) is 0 Å². The van der Waals surface area contributed by atoms with E-state index in [1.165, 1.54) is 75.9 Å². The summed E-state index contributed by atoms with van der Waals surface area (Å²) >= 11 is 1.86. The summed E-state index contributed by atoms with van der Waals surface area (Å²) in [6.45, 7) is 0. The molecule has 2 aliphatic rings. The van der Waals surface area contributed by atoms with Crippen LogP contribution in [0.4, 0.5) is 28.4 Å². The van der Waals surface area contributed by atoms with Crippen molar-refractivity contribution in [1.29, 1.82) is 0 Å². The van der Waals surface area contributed by atoms with Crippen LogP contribution in [0.5, 0.6) is 0 Å². The number of para-hydroxylation sites is 3. The lowest BCUT2D eigenvalue weighted by molar-refractivity contribution is 0.533. The SMILES string of the molecule is c1ccc(-c2ccc(C3=C4c5ccccc5N(c5ccc(N(c6ccccc6)c6cccc7c6sc6ccccc67)cc5)C4Cc4oc5ccccc5c43)cc2)cc1. The van der Waals surface area contributed by atoms with Gasteiger partial charge in [-0.05, 0) is 88.5 Å². The van der Waals surface area contributed by atoms with Crippen molar-refractivity contribution in [2.24, 2.45) is 0 Å². The lowest BCUT2D eigenvalue weighted by Gasteiger charge is -2.32. The van der Waals surface area contributed by atoms with E-state index in [4.69, 9.17) is 4.42 Å². The number of hydrogen-bond acceptors (Lipinski definition) is 4. The summed E-state index contributed by atoms with van der Waals surface area (Å²) in [5, 5.41) is 3.76. The topological polar surface area (TPSA) is 19.6 Å². The van der Waals surface area contributed by atoms with E-state index in [-0.39, 0.29) is 6.04 Å². The molecule has 0 spiro atoms. The number of anilines is 5. The summed E-state index contributed by atoms with van der Waals surface area (Å²) in [4.78, 5) is 4.95. The largest absolute Gasteiger partial charge is 0.460 e. The molecule has 0 saturated heterocycles. The third kappa shape index (κ3) is 5.12. The molecule has 1 unspecified atom stereocenters. The molecular weight excluding hydrogens is 725 g/mol. The van der Waals surface area contributed by atoms with E-state index in [2.05, 4.69) is 210 Å². The Morgan fingerprint density at radius 3 is 1.98 bits per heavy atom. The van der Waals surface area contributed by atoms with Crippen LogP contribution < -0.4 is 9.80 Å². The van der Waals surface area contributed by atoms with Gasteiger partial charge in [0.1, 0.15) is 11.3 Å². The Hall–Kier alpha value is -7.14. The normalized spacial score (nSPS) is 14.6. The molecule has 0 radical (unpaired) electrons. The lowest BCUT2D eigenvalue weighted by Crippen LogP contribution is -2.31. The Morgan fingerprint density at radius 2 is 1.16 bits per heavy atom. The second-order valence-corrected chi connectivity index (χ2v) is 16.2. The van der Waals surface area contributed by atoms with Crippen molar-refractivity contribution in [3.05, 3.63) is 223 Å². The minimum atomic E-state index is 0.0534. The first-order valence-electron chi connectivity index (χ1n) is 19.9. The van der Waals surface area contributed by atoms with Crippen molar-refractivity contribution in [3.8, 4) is 11.1 Å². The maximum atomic E-state index is 6.77. The van der Waals surface area contributed by atoms with Gasteiger partial charge in [0.2, 0.25) is 0 Å². The summed E-state index contributed by atoms with van der Waals surface area (Å²) in [7, 11) is 0. The monoisotopic (exact) mass is 760 g/mol. The van der Waals surface area contributed by atoms with Crippen molar-refractivity contribution in [2.75, 3.05) is 9.80 Å². The molecule has 1 aliphatic heterocycles. The number of benzene rings is 8. The van der Waals surface area contributed by atoms with Gasteiger partial charge in [-0.15, -0.1) is 11.3 Å². The van der Waals surface area contributed by atoms with Crippen LogP contribution in [0.15, 0.2) is 205 Å². The molecule has 8 aromatic carbocycles. The van der Waals surface area contributed by atoms with Crippen LogP contribution in [0, 0.1) is 0 Å². The lowest BCUT2D eigenvalue weighted by atomic mass is 9.80. The molecule has 1 atom stereocenters. The summed E-state index contributed by atoms with van der Waals surface area (Å²) in [5.74, 6) is 1.04. The quantitative estimate of drug-likeness (QED) is 0.168. The first-order valence-corrected chi connectivity index (χ1v) is 20.7. The van der Waals surface area contributed by atoms with Crippen LogP contribution in [-0.2, 0) is 6.42 Å². The van der Waals surface area contributed by atoms with Crippen LogP contribution in [0.25, 0.3) is 53.4 Å². The third-order valence-electron chi connectivity index (χ3n) is 12.0. The average molecular weight is 761 g/mol. The summed E-state index contributed by atoms with van der Waals surface area (Å²) in [6, 6.07) is 72.6. The molecule has 0 N–H and O–H groups in total. The molecule has 2 aromatic heterocycles. The molecular formula is C54H36N2OS. The predicted molar refractivity (Wildman–Crippen MR) is 244 cm³/mol. The van der Waals surface area contributed by atoms with Crippen molar-refractivity contribution >= 4 is 82.1 Å². The summed E-state index contributed by atoms with van der Waals surface area (Å²) < 4.78 is 9.35.